The molecule has 0 spiro atoms. The lowest BCUT2D eigenvalue weighted by Gasteiger charge is -2.12. The largest absolute Gasteiger partial charge is 0.416 e. The van der Waals surface area contributed by atoms with E-state index in [0.29, 0.717) is 11.1 Å². The van der Waals surface area contributed by atoms with Gasteiger partial charge in [-0.05, 0) is 42.3 Å². The van der Waals surface area contributed by atoms with Crippen molar-refractivity contribution in [2.24, 2.45) is 0 Å². The second-order valence-corrected chi connectivity index (χ2v) is 6.42. The van der Waals surface area contributed by atoms with Crippen molar-refractivity contribution in [3.8, 4) is 11.1 Å². The molecule has 0 fully saturated rings. The maximum atomic E-state index is 13.2. The molecule has 8 heteroatoms. The van der Waals surface area contributed by atoms with Crippen LogP contribution in [-0.2, 0) is 17.3 Å². The van der Waals surface area contributed by atoms with Gasteiger partial charge in [0.05, 0.1) is 22.9 Å². The van der Waals surface area contributed by atoms with Crippen molar-refractivity contribution in [2.45, 2.75) is 18.0 Å². The van der Waals surface area contributed by atoms with E-state index >= 15 is 0 Å². The van der Waals surface area contributed by atoms with Crippen LogP contribution in [0, 0.1) is 6.92 Å². The van der Waals surface area contributed by atoms with Crippen molar-refractivity contribution in [2.75, 3.05) is 0 Å². The quantitative estimate of drug-likeness (QED) is 0.700. The third kappa shape index (κ3) is 4.08. The van der Waals surface area contributed by atoms with Gasteiger partial charge in [0, 0.05) is 0 Å². The van der Waals surface area contributed by atoms with Crippen LogP contribution in [0.2, 0.25) is 0 Å². The Morgan fingerprint density at radius 1 is 1.08 bits per heavy atom. The molecule has 2 aromatic carbocycles. The molecular formula is C17H13F3N2O2S. The molecule has 1 heterocycles. The van der Waals surface area contributed by atoms with Crippen LogP contribution in [0.25, 0.3) is 11.1 Å². The molecule has 0 amide bonds. The first-order chi connectivity index (χ1) is 11.8. The molecule has 0 aliphatic carbocycles. The number of benzene rings is 2. The first kappa shape index (κ1) is 17.2. The van der Waals surface area contributed by atoms with Gasteiger partial charge < -0.3 is 0 Å². The number of rotatable bonds is 4. The zero-order chi connectivity index (χ0) is 18.0. The van der Waals surface area contributed by atoms with Crippen molar-refractivity contribution < 1.29 is 21.7 Å². The Balaban J connectivity index is 2.03. The average molecular weight is 366 g/mol. The third-order valence-corrected chi connectivity index (χ3v) is 4.34. The number of halogens is 3. The maximum absolute atomic E-state index is 13.2. The maximum Gasteiger partial charge on any atom is 0.416 e. The van der Waals surface area contributed by atoms with Gasteiger partial charge >= 0.3 is 6.18 Å². The Bertz CT molecular complexity index is 891. The minimum absolute atomic E-state index is 0.0964. The number of aromatic nitrogens is 2. The van der Waals surface area contributed by atoms with Crippen molar-refractivity contribution in [1.29, 1.82) is 0 Å². The van der Waals surface area contributed by atoms with Crippen molar-refractivity contribution in [3.05, 3.63) is 72.1 Å². The van der Waals surface area contributed by atoms with E-state index in [2.05, 4.69) is 5.10 Å². The Kier molecular flexibility index (Phi) is 4.63. The zero-order valence-corrected chi connectivity index (χ0v) is 13.8. The highest BCUT2D eigenvalue weighted by molar-refractivity contribution is 7.80. The molecular weight excluding hydrogens is 353 g/mol. The molecule has 0 radical (unpaired) electrons. The normalized spacial score (nSPS) is 12.8. The van der Waals surface area contributed by atoms with Crippen LogP contribution in [0.5, 0.6) is 0 Å². The van der Waals surface area contributed by atoms with Crippen LogP contribution in [0.3, 0.4) is 0 Å². The van der Waals surface area contributed by atoms with Crippen molar-refractivity contribution >= 4 is 11.1 Å². The summed E-state index contributed by atoms with van der Waals surface area (Å²) in [5, 5.41) is 3.72. The standard InChI is InChI=1S/C17H13F3N2O2S/c1-12-3-5-13(6-4-12)14-9-15(17(18,19)20)11-16(10-14)25(23)24-22-8-2-7-21-22/h2-11H,1H3. The Labute approximate surface area is 144 Å². The van der Waals surface area contributed by atoms with Gasteiger partial charge in [-0.3, -0.25) is 4.28 Å². The minimum atomic E-state index is -4.56. The fourth-order valence-corrected chi connectivity index (χ4v) is 2.94. The van der Waals surface area contributed by atoms with Gasteiger partial charge in [0.25, 0.3) is 11.1 Å². The van der Waals surface area contributed by atoms with E-state index in [-0.39, 0.29) is 4.90 Å². The van der Waals surface area contributed by atoms with Crippen LogP contribution in [0.4, 0.5) is 13.2 Å². The molecule has 0 aliphatic heterocycles. The molecule has 1 aromatic heterocycles. The van der Waals surface area contributed by atoms with Gasteiger partial charge in [-0.25, -0.2) is 4.21 Å². The Morgan fingerprint density at radius 3 is 2.40 bits per heavy atom. The molecule has 0 bridgehead atoms. The topological polar surface area (TPSA) is 44.1 Å². The number of aryl methyl sites for hydroxylation is 1. The Hall–Kier alpha value is -2.61. The first-order valence-corrected chi connectivity index (χ1v) is 8.30. The molecule has 1 atom stereocenters. The van der Waals surface area contributed by atoms with Gasteiger partial charge in [-0.1, -0.05) is 34.7 Å². The van der Waals surface area contributed by atoms with Gasteiger partial charge in [0.2, 0.25) is 0 Å². The lowest BCUT2D eigenvalue weighted by molar-refractivity contribution is -0.137. The van der Waals surface area contributed by atoms with Crippen LogP contribution in [0.1, 0.15) is 11.1 Å². The van der Waals surface area contributed by atoms with E-state index in [0.717, 1.165) is 22.5 Å². The number of hydrogen-bond acceptors (Lipinski definition) is 3. The highest BCUT2D eigenvalue weighted by atomic mass is 32.2. The predicted octanol–water partition coefficient (Wildman–Crippen LogP) is 4.03. The lowest BCUT2D eigenvalue weighted by atomic mass is 10.0. The molecule has 0 saturated carbocycles. The van der Waals surface area contributed by atoms with Gasteiger partial charge in [0.15, 0.2) is 0 Å². The molecule has 130 valence electrons. The second-order valence-electron chi connectivity index (χ2n) is 5.33. The molecule has 0 N–H and O–H groups in total. The molecule has 4 nitrogen and oxygen atoms in total. The summed E-state index contributed by atoms with van der Waals surface area (Å²) in [6, 6.07) is 11.8. The summed E-state index contributed by atoms with van der Waals surface area (Å²) in [4.78, 5) is 0.836. The monoisotopic (exact) mass is 366 g/mol. The summed E-state index contributed by atoms with van der Waals surface area (Å²) in [5.74, 6) is 0. The van der Waals surface area contributed by atoms with E-state index in [9.17, 15) is 17.4 Å². The SMILES string of the molecule is Cc1ccc(-c2cc(S(=O)On3cccn3)cc(C(F)(F)F)c2)cc1. The van der Waals surface area contributed by atoms with Crippen LogP contribution >= 0.6 is 0 Å². The van der Waals surface area contributed by atoms with E-state index in [1.165, 1.54) is 18.5 Å². The van der Waals surface area contributed by atoms with E-state index in [1.807, 2.05) is 6.92 Å². The van der Waals surface area contributed by atoms with E-state index < -0.39 is 22.8 Å². The zero-order valence-electron chi connectivity index (χ0n) is 13.0. The summed E-state index contributed by atoms with van der Waals surface area (Å²) in [7, 11) is 0. The number of alkyl halides is 3. The summed E-state index contributed by atoms with van der Waals surface area (Å²) in [5.41, 5.74) is 0.996. The van der Waals surface area contributed by atoms with Crippen molar-refractivity contribution in [1.82, 2.24) is 9.94 Å². The first-order valence-electron chi connectivity index (χ1n) is 7.22. The average Bonchev–Trinajstić information content (AvgIpc) is 3.07. The Morgan fingerprint density at radius 2 is 1.80 bits per heavy atom. The lowest BCUT2D eigenvalue weighted by Crippen LogP contribution is -2.16. The summed E-state index contributed by atoms with van der Waals surface area (Å²) >= 11 is -2.15. The number of nitrogens with zero attached hydrogens (tertiary/aromatic N) is 2. The molecule has 1 unspecified atom stereocenters. The minimum Gasteiger partial charge on any atom is -0.288 e. The molecule has 0 aliphatic rings. The smallest absolute Gasteiger partial charge is 0.288 e. The van der Waals surface area contributed by atoms with Gasteiger partial charge in [-0.15, -0.1) is 5.10 Å². The predicted molar refractivity (Wildman–Crippen MR) is 86.8 cm³/mol. The van der Waals surface area contributed by atoms with Gasteiger partial charge in [0.1, 0.15) is 0 Å². The summed E-state index contributed by atoms with van der Waals surface area (Å²) in [6.45, 7) is 1.88. The van der Waals surface area contributed by atoms with E-state index in [1.54, 1.807) is 30.3 Å². The fraction of sp³-hybridized carbons (Fsp3) is 0.118. The molecule has 25 heavy (non-hydrogen) atoms. The summed E-state index contributed by atoms with van der Waals surface area (Å²) < 4.78 is 57.0. The summed E-state index contributed by atoms with van der Waals surface area (Å²) in [6.07, 6.45) is -1.77. The van der Waals surface area contributed by atoms with Gasteiger partial charge in [-0.2, -0.15) is 13.2 Å². The third-order valence-electron chi connectivity index (χ3n) is 3.44. The van der Waals surface area contributed by atoms with Crippen molar-refractivity contribution in [3.63, 3.8) is 0 Å². The molecule has 0 saturated heterocycles. The van der Waals surface area contributed by atoms with E-state index in [4.69, 9.17) is 4.28 Å². The van der Waals surface area contributed by atoms with Crippen LogP contribution in [-0.4, -0.2) is 14.2 Å². The number of hydrogen-bond donors (Lipinski definition) is 0. The molecule has 3 aromatic rings. The highest BCUT2D eigenvalue weighted by Crippen LogP contribution is 2.34. The highest BCUT2D eigenvalue weighted by Gasteiger charge is 2.32. The van der Waals surface area contributed by atoms with Crippen LogP contribution < -0.4 is 4.28 Å². The second kappa shape index (κ2) is 6.72. The fourth-order valence-electron chi connectivity index (χ4n) is 2.18. The van der Waals surface area contributed by atoms with Crippen LogP contribution in [0.15, 0.2) is 65.8 Å². The molecule has 3 rings (SSSR count).